The Morgan fingerprint density at radius 3 is 3.12 bits per heavy atom. The van der Waals surface area contributed by atoms with Crippen molar-refractivity contribution in [2.45, 2.75) is 18.9 Å². The van der Waals surface area contributed by atoms with E-state index < -0.39 is 0 Å². The average Bonchev–Trinajstić information content (AvgIpc) is 2.77. The molecule has 1 aromatic carbocycles. The Morgan fingerprint density at radius 2 is 2.35 bits per heavy atom. The van der Waals surface area contributed by atoms with Crippen LogP contribution >= 0.6 is 15.9 Å². The highest BCUT2D eigenvalue weighted by molar-refractivity contribution is 9.10. The molecule has 1 fully saturated rings. The van der Waals surface area contributed by atoms with Crippen LogP contribution in [0.2, 0.25) is 0 Å². The quantitative estimate of drug-likeness (QED) is 0.906. The smallest absolute Gasteiger partial charge is 0.120 e. The molecule has 0 amide bonds. The third kappa shape index (κ3) is 3.69. The zero-order chi connectivity index (χ0) is 12.1. The first kappa shape index (κ1) is 12.9. The van der Waals surface area contributed by atoms with Crippen molar-refractivity contribution in [1.82, 2.24) is 4.90 Å². The van der Waals surface area contributed by atoms with Crippen LogP contribution in [0, 0.1) is 0 Å². The van der Waals surface area contributed by atoms with E-state index in [0.717, 1.165) is 36.5 Å². The molecule has 94 valence electrons. The van der Waals surface area contributed by atoms with Gasteiger partial charge in [0, 0.05) is 23.6 Å². The SMILES string of the molecule is NCC1CCCN1CCOc1cccc(Br)c1. The van der Waals surface area contributed by atoms with Gasteiger partial charge in [0.15, 0.2) is 0 Å². The number of hydrogen-bond donors (Lipinski definition) is 1. The number of benzene rings is 1. The van der Waals surface area contributed by atoms with Crippen LogP contribution in [0.15, 0.2) is 28.7 Å². The van der Waals surface area contributed by atoms with Crippen LogP contribution in [-0.4, -0.2) is 37.2 Å². The molecule has 0 bridgehead atoms. The molecule has 0 spiro atoms. The second-order valence-electron chi connectivity index (χ2n) is 4.37. The topological polar surface area (TPSA) is 38.5 Å². The lowest BCUT2D eigenvalue weighted by molar-refractivity contribution is 0.199. The van der Waals surface area contributed by atoms with E-state index in [2.05, 4.69) is 20.8 Å². The number of rotatable bonds is 5. The fourth-order valence-electron chi connectivity index (χ4n) is 2.29. The minimum atomic E-state index is 0.557. The van der Waals surface area contributed by atoms with Gasteiger partial charge in [-0.15, -0.1) is 0 Å². The number of ether oxygens (including phenoxy) is 1. The number of hydrogen-bond acceptors (Lipinski definition) is 3. The average molecular weight is 299 g/mol. The highest BCUT2D eigenvalue weighted by atomic mass is 79.9. The lowest BCUT2D eigenvalue weighted by Gasteiger charge is -2.22. The van der Waals surface area contributed by atoms with Crippen molar-refractivity contribution in [3.63, 3.8) is 0 Å². The molecule has 2 rings (SSSR count). The van der Waals surface area contributed by atoms with Gasteiger partial charge in [-0.1, -0.05) is 22.0 Å². The summed E-state index contributed by atoms with van der Waals surface area (Å²) in [5.74, 6) is 0.919. The summed E-state index contributed by atoms with van der Waals surface area (Å²) in [6, 6.07) is 8.51. The van der Waals surface area contributed by atoms with Crippen LogP contribution in [-0.2, 0) is 0 Å². The maximum atomic E-state index is 5.74. The molecule has 1 aliphatic heterocycles. The fourth-order valence-corrected chi connectivity index (χ4v) is 2.67. The highest BCUT2D eigenvalue weighted by Gasteiger charge is 2.22. The summed E-state index contributed by atoms with van der Waals surface area (Å²) in [7, 11) is 0. The van der Waals surface area contributed by atoms with E-state index >= 15 is 0 Å². The van der Waals surface area contributed by atoms with Crippen molar-refractivity contribution >= 4 is 15.9 Å². The van der Waals surface area contributed by atoms with Crippen molar-refractivity contribution in [3.05, 3.63) is 28.7 Å². The highest BCUT2D eigenvalue weighted by Crippen LogP contribution is 2.19. The Labute approximate surface area is 111 Å². The van der Waals surface area contributed by atoms with Crippen LogP contribution in [0.4, 0.5) is 0 Å². The maximum Gasteiger partial charge on any atom is 0.120 e. The van der Waals surface area contributed by atoms with Gasteiger partial charge in [-0.2, -0.15) is 0 Å². The first-order chi connectivity index (χ1) is 8.29. The van der Waals surface area contributed by atoms with Crippen LogP contribution in [0.25, 0.3) is 0 Å². The van der Waals surface area contributed by atoms with Crippen molar-refractivity contribution in [1.29, 1.82) is 0 Å². The van der Waals surface area contributed by atoms with Crippen molar-refractivity contribution in [3.8, 4) is 5.75 Å². The normalized spacial score (nSPS) is 20.7. The molecule has 0 radical (unpaired) electrons. The van der Waals surface area contributed by atoms with E-state index in [1.165, 1.54) is 12.8 Å². The van der Waals surface area contributed by atoms with Gasteiger partial charge < -0.3 is 10.5 Å². The molecule has 0 saturated carbocycles. The fraction of sp³-hybridized carbons (Fsp3) is 0.538. The molecule has 1 heterocycles. The molecule has 1 aliphatic rings. The third-order valence-corrected chi connectivity index (χ3v) is 3.71. The summed E-state index contributed by atoms with van der Waals surface area (Å²) < 4.78 is 6.78. The van der Waals surface area contributed by atoms with Crippen LogP contribution in [0.3, 0.4) is 0 Å². The predicted molar refractivity (Wildman–Crippen MR) is 73.3 cm³/mol. The van der Waals surface area contributed by atoms with E-state index in [-0.39, 0.29) is 0 Å². The minimum Gasteiger partial charge on any atom is -0.492 e. The second kappa shape index (κ2) is 6.38. The molecule has 1 aromatic rings. The van der Waals surface area contributed by atoms with E-state index in [1.54, 1.807) is 0 Å². The maximum absolute atomic E-state index is 5.74. The minimum absolute atomic E-state index is 0.557. The molecule has 1 saturated heterocycles. The summed E-state index contributed by atoms with van der Waals surface area (Å²) in [5.41, 5.74) is 5.74. The first-order valence-corrected chi connectivity index (χ1v) is 6.91. The Morgan fingerprint density at radius 1 is 1.47 bits per heavy atom. The summed E-state index contributed by atoms with van der Waals surface area (Å²) >= 11 is 3.43. The Bertz CT molecular complexity index is 359. The van der Waals surface area contributed by atoms with Crippen molar-refractivity contribution < 1.29 is 4.74 Å². The van der Waals surface area contributed by atoms with Gasteiger partial charge in [0.25, 0.3) is 0 Å². The van der Waals surface area contributed by atoms with E-state index in [4.69, 9.17) is 10.5 Å². The molecule has 1 unspecified atom stereocenters. The van der Waals surface area contributed by atoms with Gasteiger partial charge in [0.1, 0.15) is 12.4 Å². The molecule has 4 heteroatoms. The van der Waals surface area contributed by atoms with Gasteiger partial charge in [-0.3, -0.25) is 4.90 Å². The molecule has 1 atom stereocenters. The number of nitrogens with zero attached hydrogens (tertiary/aromatic N) is 1. The predicted octanol–water partition coefficient (Wildman–Crippen LogP) is 2.25. The largest absolute Gasteiger partial charge is 0.492 e. The molecular formula is C13H19BrN2O. The Hall–Kier alpha value is -0.580. The molecule has 2 N–H and O–H groups in total. The molecule has 17 heavy (non-hydrogen) atoms. The van der Waals surface area contributed by atoms with E-state index in [1.807, 2.05) is 24.3 Å². The van der Waals surface area contributed by atoms with Crippen LogP contribution in [0.1, 0.15) is 12.8 Å². The van der Waals surface area contributed by atoms with Crippen LogP contribution in [0.5, 0.6) is 5.75 Å². The van der Waals surface area contributed by atoms with Crippen molar-refractivity contribution in [2.24, 2.45) is 5.73 Å². The Kier molecular flexibility index (Phi) is 4.83. The zero-order valence-corrected chi connectivity index (χ0v) is 11.5. The van der Waals surface area contributed by atoms with Gasteiger partial charge in [-0.05, 0) is 37.6 Å². The van der Waals surface area contributed by atoms with Gasteiger partial charge in [-0.25, -0.2) is 0 Å². The lowest BCUT2D eigenvalue weighted by Crippen LogP contribution is -2.37. The lowest BCUT2D eigenvalue weighted by atomic mass is 10.2. The van der Waals surface area contributed by atoms with Gasteiger partial charge in [0.05, 0.1) is 0 Å². The van der Waals surface area contributed by atoms with Gasteiger partial charge >= 0.3 is 0 Å². The van der Waals surface area contributed by atoms with Crippen LogP contribution < -0.4 is 10.5 Å². The van der Waals surface area contributed by atoms with Gasteiger partial charge in [0.2, 0.25) is 0 Å². The van der Waals surface area contributed by atoms with E-state index in [9.17, 15) is 0 Å². The Balaban J connectivity index is 1.76. The summed E-state index contributed by atoms with van der Waals surface area (Å²) in [5, 5.41) is 0. The summed E-state index contributed by atoms with van der Waals surface area (Å²) in [4.78, 5) is 2.43. The number of likely N-dealkylation sites (tertiary alicyclic amines) is 1. The monoisotopic (exact) mass is 298 g/mol. The number of halogens is 1. The first-order valence-electron chi connectivity index (χ1n) is 6.12. The zero-order valence-electron chi connectivity index (χ0n) is 9.94. The van der Waals surface area contributed by atoms with Crippen molar-refractivity contribution in [2.75, 3.05) is 26.2 Å². The standard InChI is InChI=1S/C13H19BrN2O/c14-11-3-1-5-13(9-11)17-8-7-16-6-2-4-12(16)10-15/h1,3,5,9,12H,2,4,6-8,10,15H2. The second-order valence-corrected chi connectivity index (χ2v) is 5.29. The molecule has 0 aliphatic carbocycles. The molecule has 3 nitrogen and oxygen atoms in total. The molecular weight excluding hydrogens is 280 g/mol. The third-order valence-electron chi connectivity index (χ3n) is 3.21. The number of nitrogens with two attached hydrogens (primary N) is 1. The molecule has 0 aromatic heterocycles. The van der Waals surface area contributed by atoms with E-state index in [0.29, 0.717) is 6.04 Å². The summed E-state index contributed by atoms with van der Waals surface area (Å²) in [6.07, 6.45) is 2.49. The summed E-state index contributed by atoms with van der Waals surface area (Å²) in [6.45, 7) is 3.61.